The Morgan fingerprint density at radius 2 is 1.57 bits per heavy atom. The molecule has 2 amide bonds. The number of nitrogens with one attached hydrogen (secondary N) is 1. The van der Waals surface area contributed by atoms with Crippen molar-refractivity contribution in [3.8, 4) is 0 Å². The van der Waals surface area contributed by atoms with Crippen molar-refractivity contribution in [1.82, 2.24) is 9.88 Å². The summed E-state index contributed by atoms with van der Waals surface area (Å²) in [4.78, 5) is 32.0. The zero-order chi connectivity index (χ0) is 21.3. The number of imide groups is 1. The smallest absolute Gasteiger partial charge is 0.278 e. The maximum Gasteiger partial charge on any atom is 0.278 e. The van der Waals surface area contributed by atoms with E-state index in [4.69, 9.17) is 0 Å². The van der Waals surface area contributed by atoms with Gasteiger partial charge in [-0.1, -0.05) is 42.0 Å². The lowest BCUT2D eigenvalue weighted by Crippen LogP contribution is -2.32. The molecule has 0 fully saturated rings. The molecule has 30 heavy (non-hydrogen) atoms. The van der Waals surface area contributed by atoms with Gasteiger partial charge in [0.1, 0.15) is 5.70 Å². The van der Waals surface area contributed by atoms with Crippen molar-refractivity contribution in [2.24, 2.45) is 0 Å². The van der Waals surface area contributed by atoms with Crippen LogP contribution in [0.15, 0.2) is 72.7 Å². The number of rotatable bonds is 5. The standard InChI is InChI=1S/C25H23N3O2/c1-16-7-9-20(10-8-16)22-23(27-21-6-4-5-17(2)18(21)3)25(30)28(24(22)29)15-19-11-13-26-14-12-19/h4-14,27H,15H2,1-3H3. The Labute approximate surface area is 176 Å². The molecule has 1 aliphatic heterocycles. The molecule has 3 aromatic rings. The van der Waals surface area contributed by atoms with Crippen LogP contribution in [0.3, 0.4) is 0 Å². The molecule has 0 unspecified atom stereocenters. The Bertz CT molecular complexity index is 1150. The average Bonchev–Trinajstić information content (AvgIpc) is 2.97. The number of aromatic nitrogens is 1. The maximum atomic E-state index is 13.3. The minimum atomic E-state index is -0.326. The summed E-state index contributed by atoms with van der Waals surface area (Å²) in [6, 6.07) is 17.2. The number of hydrogen-bond acceptors (Lipinski definition) is 4. The van der Waals surface area contributed by atoms with E-state index < -0.39 is 0 Å². The molecular weight excluding hydrogens is 374 g/mol. The lowest BCUT2D eigenvalue weighted by atomic mass is 10.0. The number of anilines is 1. The van der Waals surface area contributed by atoms with Crippen LogP contribution in [0.1, 0.15) is 27.8 Å². The predicted molar refractivity (Wildman–Crippen MR) is 117 cm³/mol. The molecule has 150 valence electrons. The third-order valence-electron chi connectivity index (χ3n) is 5.46. The number of carbonyl (C=O) groups is 2. The second-order valence-corrected chi connectivity index (χ2v) is 7.54. The van der Waals surface area contributed by atoms with Crippen LogP contribution in [-0.2, 0) is 16.1 Å². The van der Waals surface area contributed by atoms with Gasteiger partial charge in [-0.05, 0) is 61.2 Å². The number of carbonyl (C=O) groups excluding carboxylic acids is 2. The first-order valence-corrected chi connectivity index (χ1v) is 9.85. The van der Waals surface area contributed by atoms with Crippen molar-refractivity contribution in [3.63, 3.8) is 0 Å². The molecule has 0 aliphatic carbocycles. The van der Waals surface area contributed by atoms with Crippen LogP contribution >= 0.6 is 0 Å². The van der Waals surface area contributed by atoms with Crippen molar-refractivity contribution < 1.29 is 9.59 Å². The van der Waals surface area contributed by atoms with E-state index in [1.807, 2.05) is 75.4 Å². The normalized spacial score (nSPS) is 13.9. The van der Waals surface area contributed by atoms with E-state index in [1.54, 1.807) is 12.4 Å². The van der Waals surface area contributed by atoms with E-state index in [2.05, 4.69) is 10.3 Å². The van der Waals surface area contributed by atoms with Gasteiger partial charge < -0.3 is 5.32 Å². The fourth-order valence-electron chi connectivity index (χ4n) is 3.52. The molecule has 0 bridgehead atoms. The maximum absolute atomic E-state index is 13.3. The monoisotopic (exact) mass is 397 g/mol. The summed E-state index contributed by atoms with van der Waals surface area (Å²) in [5.74, 6) is -0.623. The van der Waals surface area contributed by atoms with Crippen molar-refractivity contribution in [2.75, 3.05) is 5.32 Å². The number of hydrogen-bond donors (Lipinski definition) is 1. The minimum absolute atomic E-state index is 0.202. The van der Waals surface area contributed by atoms with Gasteiger partial charge in [0, 0.05) is 18.1 Å². The van der Waals surface area contributed by atoms with Gasteiger partial charge in [0.05, 0.1) is 12.1 Å². The van der Waals surface area contributed by atoms with Gasteiger partial charge in [-0.2, -0.15) is 0 Å². The van der Waals surface area contributed by atoms with Gasteiger partial charge in [0.15, 0.2) is 0 Å². The first-order valence-electron chi connectivity index (χ1n) is 9.85. The SMILES string of the molecule is Cc1ccc(C2=C(Nc3cccc(C)c3C)C(=O)N(Cc3ccncc3)C2=O)cc1. The number of aryl methyl sites for hydroxylation is 2. The van der Waals surface area contributed by atoms with E-state index in [0.29, 0.717) is 11.3 Å². The first-order chi connectivity index (χ1) is 14.5. The zero-order valence-electron chi connectivity index (χ0n) is 17.3. The second-order valence-electron chi connectivity index (χ2n) is 7.54. The molecule has 2 heterocycles. The molecule has 0 saturated heterocycles. The van der Waals surface area contributed by atoms with Crippen LogP contribution in [0.5, 0.6) is 0 Å². The molecule has 1 aromatic heterocycles. The lowest BCUT2D eigenvalue weighted by molar-refractivity contribution is -0.137. The summed E-state index contributed by atoms with van der Waals surface area (Å²) in [5, 5.41) is 3.26. The summed E-state index contributed by atoms with van der Waals surface area (Å²) < 4.78 is 0. The Balaban J connectivity index is 1.77. The van der Waals surface area contributed by atoms with Crippen LogP contribution in [0, 0.1) is 20.8 Å². The molecule has 0 atom stereocenters. The minimum Gasteiger partial charge on any atom is -0.350 e. The first kappa shape index (κ1) is 19.6. The van der Waals surface area contributed by atoms with Crippen molar-refractivity contribution in [3.05, 3.63) is 101 Å². The van der Waals surface area contributed by atoms with Crippen LogP contribution in [0.4, 0.5) is 5.69 Å². The third-order valence-corrected chi connectivity index (χ3v) is 5.46. The van der Waals surface area contributed by atoms with E-state index in [1.165, 1.54) is 4.90 Å². The molecule has 0 saturated carbocycles. The molecule has 4 rings (SSSR count). The molecule has 5 nitrogen and oxygen atoms in total. The van der Waals surface area contributed by atoms with Gasteiger partial charge >= 0.3 is 0 Å². The Kier molecular flexibility index (Phi) is 5.19. The highest BCUT2D eigenvalue weighted by molar-refractivity contribution is 6.36. The predicted octanol–water partition coefficient (Wildman–Crippen LogP) is 4.40. The van der Waals surface area contributed by atoms with Crippen molar-refractivity contribution in [1.29, 1.82) is 0 Å². The highest BCUT2D eigenvalue weighted by Gasteiger charge is 2.39. The van der Waals surface area contributed by atoms with Gasteiger partial charge in [-0.25, -0.2) is 0 Å². The fraction of sp³-hybridized carbons (Fsp3) is 0.160. The molecule has 0 radical (unpaired) electrons. The van der Waals surface area contributed by atoms with Crippen LogP contribution in [0.2, 0.25) is 0 Å². The summed E-state index contributed by atoms with van der Waals surface area (Å²) in [5.41, 5.74) is 6.35. The quantitative estimate of drug-likeness (QED) is 0.648. The Morgan fingerprint density at radius 3 is 2.27 bits per heavy atom. The molecule has 5 heteroatoms. The number of pyridine rings is 1. The van der Waals surface area contributed by atoms with Gasteiger partial charge in [0.2, 0.25) is 0 Å². The van der Waals surface area contributed by atoms with Crippen LogP contribution < -0.4 is 5.32 Å². The van der Waals surface area contributed by atoms with Gasteiger partial charge in [-0.15, -0.1) is 0 Å². The highest BCUT2D eigenvalue weighted by atomic mass is 16.2. The third kappa shape index (κ3) is 3.62. The fourth-order valence-corrected chi connectivity index (χ4v) is 3.52. The summed E-state index contributed by atoms with van der Waals surface area (Å²) in [6.45, 7) is 6.21. The van der Waals surface area contributed by atoms with E-state index in [9.17, 15) is 9.59 Å². The van der Waals surface area contributed by atoms with Gasteiger partial charge in [0.25, 0.3) is 11.8 Å². The summed E-state index contributed by atoms with van der Waals surface area (Å²) in [7, 11) is 0. The molecule has 2 aromatic carbocycles. The Morgan fingerprint density at radius 1 is 0.867 bits per heavy atom. The van der Waals surface area contributed by atoms with Crippen LogP contribution in [-0.4, -0.2) is 21.7 Å². The lowest BCUT2D eigenvalue weighted by Gasteiger charge is -2.16. The summed E-state index contributed by atoms with van der Waals surface area (Å²) >= 11 is 0. The van der Waals surface area contributed by atoms with Crippen molar-refractivity contribution in [2.45, 2.75) is 27.3 Å². The van der Waals surface area contributed by atoms with Crippen molar-refractivity contribution >= 4 is 23.1 Å². The molecule has 0 spiro atoms. The largest absolute Gasteiger partial charge is 0.350 e. The second kappa shape index (κ2) is 7.95. The Hall–Kier alpha value is -3.73. The number of nitrogens with zero attached hydrogens (tertiary/aromatic N) is 2. The van der Waals surface area contributed by atoms with E-state index in [0.717, 1.165) is 33.5 Å². The molecule has 1 N–H and O–H groups in total. The highest BCUT2D eigenvalue weighted by Crippen LogP contribution is 2.32. The molecule has 1 aliphatic rings. The van der Waals surface area contributed by atoms with Gasteiger partial charge in [-0.3, -0.25) is 19.5 Å². The topological polar surface area (TPSA) is 62.3 Å². The number of benzene rings is 2. The molecular formula is C25H23N3O2. The summed E-state index contributed by atoms with van der Waals surface area (Å²) in [6.07, 6.45) is 3.31. The number of amides is 2. The average molecular weight is 397 g/mol. The van der Waals surface area contributed by atoms with Crippen LogP contribution in [0.25, 0.3) is 5.57 Å². The van der Waals surface area contributed by atoms with E-state index >= 15 is 0 Å². The van der Waals surface area contributed by atoms with E-state index in [-0.39, 0.29) is 18.4 Å². The zero-order valence-corrected chi connectivity index (χ0v) is 17.3.